The van der Waals surface area contributed by atoms with Gasteiger partial charge in [-0.3, -0.25) is 4.79 Å². The van der Waals surface area contributed by atoms with E-state index in [-0.39, 0.29) is 12.0 Å². The molecule has 4 nitrogen and oxygen atoms in total. The van der Waals surface area contributed by atoms with Gasteiger partial charge in [-0.2, -0.15) is 0 Å². The van der Waals surface area contributed by atoms with Crippen LogP contribution in [0.1, 0.15) is 58.8 Å². The number of piperidine rings is 1. The van der Waals surface area contributed by atoms with Crippen molar-refractivity contribution in [3.63, 3.8) is 0 Å². The predicted octanol–water partition coefficient (Wildman–Crippen LogP) is 2.23. The molecule has 1 aliphatic heterocycles. The lowest BCUT2D eigenvalue weighted by molar-refractivity contribution is -0.138. The normalized spacial score (nSPS) is 29.4. The average Bonchev–Trinajstić information content (AvgIpc) is 2.70. The molecule has 0 aromatic rings. The first kappa shape index (κ1) is 16.8. The van der Waals surface area contributed by atoms with E-state index >= 15 is 0 Å². The molecule has 1 heterocycles. The summed E-state index contributed by atoms with van der Waals surface area (Å²) in [6.45, 7) is 6.72. The number of rotatable bonds is 3. The van der Waals surface area contributed by atoms with Gasteiger partial charge in [-0.25, -0.2) is 0 Å². The van der Waals surface area contributed by atoms with Crippen LogP contribution in [0.25, 0.3) is 0 Å². The van der Waals surface area contributed by atoms with Crippen molar-refractivity contribution in [2.24, 2.45) is 11.7 Å². The van der Waals surface area contributed by atoms with Gasteiger partial charge in [-0.05, 0) is 39.5 Å². The molecule has 0 spiro atoms. The predicted molar refractivity (Wildman–Crippen MR) is 87.1 cm³/mol. The van der Waals surface area contributed by atoms with Gasteiger partial charge in [0.15, 0.2) is 0 Å². The number of hydrogen-bond donors (Lipinski definition) is 1. The lowest BCUT2D eigenvalue weighted by Crippen LogP contribution is -2.50. The standard InChI is InChI=1S/C17H33N3O/c1-13(2)20-11-9-14(10-12-20)19(3)17(21)15-7-5-4-6-8-16(15)18/h13-16H,4-12,18H2,1-3H3. The molecule has 2 rings (SSSR count). The summed E-state index contributed by atoms with van der Waals surface area (Å²) in [5.41, 5.74) is 6.25. The zero-order chi connectivity index (χ0) is 15.4. The van der Waals surface area contributed by atoms with Gasteiger partial charge in [0.1, 0.15) is 0 Å². The maximum absolute atomic E-state index is 12.8. The molecule has 2 fully saturated rings. The monoisotopic (exact) mass is 295 g/mol. The van der Waals surface area contributed by atoms with Crippen LogP contribution in [-0.4, -0.2) is 54.0 Å². The van der Waals surface area contributed by atoms with Crippen molar-refractivity contribution in [3.05, 3.63) is 0 Å². The molecule has 4 heteroatoms. The minimum absolute atomic E-state index is 0.0561. The van der Waals surface area contributed by atoms with Crippen molar-refractivity contribution in [1.29, 1.82) is 0 Å². The first-order chi connectivity index (χ1) is 10.0. The smallest absolute Gasteiger partial charge is 0.227 e. The number of hydrogen-bond acceptors (Lipinski definition) is 3. The first-order valence-corrected chi connectivity index (χ1v) is 8.77. The molecule has 0 radical (unpaired) electrons. The summed E-state index contributed by atoms with van der Waals surface area (Å²) in [5, 5.41) is 0. The maximum Gasteiger partial charge on any atom is 0.227 e. The molecule has 1 saturated heterocycles. The fourth-order valence-electron chi connectivity index (χ4n) is 3.87. The third kappa shape index (κ3) is 4.19. The van der Waals surface area contributed by atoms with Crippen LogP contribution in [0.4, 0.5) is 0 Å². The van der Waals surface area contributed by atoms with Crippen LogP contribution in [0.3, 0.4) is 0 Å². The molecule has 2 N–H and O–H groups in total. The Hall–Kier alpha value is -0.610. The average molecular weight is 295 g/mol. The third-order valence-corrected chi connectivity index (χ3v) is 5.51. The lowest BCUT2D eigenvalue weighted by atomic mass is 9.92. The molecule has 0 aromatic heterocycles. The van der Waals surface area contributed by atoms with Gasteiger partial charge in [0.25, 0.3) is 0 Å². The van der Waals surface area contributed by atoms with Crippen molar-refractivity contribution in [3.8, 4) is 0 Å². The molecule has 1 aliphatic carbocycles. The van der Waals surface area contributed by atoms with E-state index in [2.05, 4.69) is 18.7 Å². The zero-order valence-corrected chi connectivity index (χ0v) is 14.1. The molecule has 2 unspecified atom stereocenters. The second-order valence-corrected chi connectivity index (χ2v) is 7.22. The fourth-order valence-corrected chi connectivity index (χ4v) is 3.87. The van der Waals surface area contributed by atoms with Crippen LogP contribution in [0, 0.1) is 5.92 Å². The molecule has 122 valence electrons. The molecule has 0 aromatic carbocycles. The Morgan fingerprint density at radius 3 is 2.33 bits per heavy atom. The molecule has 1 amide bonds. The fraction of sp³-hybridized carbons (Fsp3) is 0.941. The highest BCUT2D eigenvalue weighted by atomic mass is 16.2. The highest BCUT2D eigenvalue weighted by Gasteiger charge is 2.33. The summed E-state index contributed by atoms with van der Waals surface area (Å²) in [6, 6.07) is 1.09. The van der Waals surface area contributed by atoms with Crippen molar-refractivity contribution in [1.82, 2.24) is 9.80 Å². The van der Waals surface area contributed by atoms with Crippen LogP contribution >= 0.6 is 0 Å². The molecule has 0 bridgehead atoms. The van der Waals surface area contributed by atoms with Crippen LogP contribution in [0.2, 0.25) is 0 Å². The Labute approximate surface area is 130 Å². The summed E-state index contributed by atoms with van der Waals surface area (Å²) in [7, 11) is 2.00. The van der Waals surface area contributed by atoms with Gasteiger partial charge in [0, 0.05) is 38.3 Å². The number of nitrogens with two attached hydrogens (primary N) is 1. The number of amides is 1. The topological polar surface area (TPSA) is 49.6 Å². The van der Waals surface area contributed by atoms with E-state index in [0.717, 1.165) is 45.2 Å². The third-order valence-electron chi connectivity index (χ3n) is 5.51. The minimum atomic E-state index is 0.0561. The molecule has 2 aliphatic rings. The largest absolute Gasteiger partial charge is 0.342 e. The molecular weight excluding hydrogens is 262 g/mol. The van der Waals surface area contributed by atoms with E-state index in [9.17, 15) is 4.79 Å². The second kappa shape index (κ2) is 7.59. The highest BCUT2D eigenvalue weighted by molar-refractivity contribution is 5.79. The van der Waals surface area contributed by atoms with Crippen LogP contribution < -0.4 is 5.73 Å². The van der Waals surface area contributed by atoms with Gasteiger partial charge in [-0.15, -0.1) is 0 Å². The Balaban J connectivity index is 1.90. The first-order valence-electron chi connectivity index (χ1n) is 8.77. The number of carbonyl (C=O) groups is 1. The van der Waals surface area contributed by atoms with Crippen molar-refractivity contribution >= 4 is 5.91 Å². The van der Waals surface area contributed by atoms with Gasteiger partial charge in [0.05, 0.1) is 5.92 Å². The summed E-state index contributed by atoms with van der Waals surface area (Å²) in [6.07, 6.45) is 7.76. The molecule has 21 heavy (non-hydrogen) atoms. The summed E-state index contributed by atoms with van der Waals surface area (Å²) >= 11 is 0. The summed E-state index contributed by atoms with van der Waals surface area (Å²) in [4.78, 5) is 17.3. The highest BCUT2D eigenvalue weighted by Crippen LogP contribution is 2.26. The van der Waals surface area contributed by atoms with Crippen LogP contribution in [0.5, 0.6) is 0 Å². The maximum atomic E-state index is 12.8. The van der Waals surface area contributed by atoms with Crippen LogP contribution in [0.15, 0.2) is 0 Å². The van der Waals surface area contributed by atoms with Crippen molar-refractivity contribution < 1.29 is 4.79 Å². The Kier molecular flexibility index (Phi) is 6.06. The molecular formula is C17H33N3O. The van der Waals surface area contributed by atoms with E-state index in [1.807, 2.05) is 11.9 Å². The molecule has 2 atom stereocenters. The van der Waals surface area contributed by atoms with Crippen molar-refractivity contribution in [2.75, 3.05) is 20.1 Å². The van der Waals surface area contributed by atoms with Crippen LogP contribution in [-0.2, 0) is 4.79 Å². The van der Waals surface area contributed by atoms with E-state index in [4.69, 9.17) is 5.73 Å². The Bertz CT molecular complexity index is 337. The number of likely N-dealkylation sites (tertiary alicyclic amines) is 1. The Morgan fingerprint density at radius 1 is 1.10 bits per heavy atom. The molecule has 1 saturated carbocycles. The quantitative estimate of drug-likeness (QED) is 0.812. The lowest BCUT2D eigenvalue weighted by Gasteiger charge is -2.40. The SMILES string of the molecule is CC(C)N1CCC(N(C)C(=O)C2CCCCCC2N)CC1. The Morgan fingerprint density at radius 2 is 1.71 bits per heavy atom. The number of nitrogens with zero attached hydrogens (tertiary/aromatic N) is 2. The summed E-state index contributed by atoms with van der Waals surface area (Å²) < 4.78 is 0. The minimum Gasteiger partial charge on any atom is -0.342 e. The van der Waals surface area contributed by atoms with Crippen molar-refractivity contribution in [2.45, 2.75) is 76.9 Å². The number of carbonyl (C=O) groups excluding carboxylic acids is 1. The van der Waals surface area contributed by atoms with Gasteiger partial charge in [0.2, 0.25) is 5.91 Å². The van der Waals surface area contributed by atoms with Gasteiger partial charge >= 0.3 is 0 Å². The van der Waals surface area contributed by atoms with E-state index in [0.29, 0.717) is 18.0 Å². The van der Waals surface area contributed by atoms with E-state index in [1.54, 1.807) is 0 Å². The van der Waals surface area contributed by atoms with E-state index in [1.165, 1.54) is 12.8 Å². The van der Waals surface area contributed by atoms with E-state index < -0.39 is 0 Å². The zero-order valence-electron chi connectivity index (χ0n) is 14.1. The second-order valence-electron chi connectivity index (χ2n) is 7.22. The van der Waals surface area contributed by atoms with Gasteiger partial charge < -0.3 is 15.5 Å². The summed E-state index contributed by atoms with van der Waals surface area (Å²) in [5.74, 6) is 0.355. The van der Waals surface area contributed by atoms with Gasteiger partial charge in [-0.1, -0.05) is 19.3 Å².